The van der Waals surface area contributed by atoms with Crippen molar-refractivity contribution in [2.24, 2.45) is 0 Å². The Kier molecular flexibility index (Phi) is 6.92. The predicted octanol–water partition coefficient (Wildman–Crippen LogP) is 6.08. The van der Waals surface area contributed by atoms with E-state index in [1.54, 1.807) is 21.3 Å². The molecule has 3 aromatic carbocycles. The molecule has 2 N–H and O–H groups in total. The van der Waals surface area contributed by atoms with E-state index in [1.165, 1.54) is 5.39 Å². The second-order valence-corrected chi connectivity index (χ2v) is 9.35. The molecular formula is C31H31N3O4. The van der Waals surface area contributed by atoms with Crippen molar-refractivity contribution in [2.45, 2.75) is 26.3 Å². The Morgan fingerprint density at radius 2 is 1.74 bits per heavy atom. The second-order valence-electron chi connectivity index (χ2n) is 9.35. The largest absolute Gasteiger partial charge is 0.497 e. The van der Waals surface area contributed by atoms with Crippen molar-refractivity contribution in [1.29, 1.82) is 0 Å². The minimum Gasteiger partial charge on any atom is -0.497 e. The summed E-state index contributed by atoms with van der Waals surface area (Å²) in [6.07, 6.45) is 2.71. The van der Waals surface area contributed by atoms with Crippen molar-refractivity contribution in [2.75, 3.05) is 21.3 Å². The maximum absolute atomic E-state index is 13.9. The fraction of sp³-hybridized carbons (Fsp3) is 0.226. The van der Waals surface area contributed by atoms with Gasteiger partial charge in [0.15, 0.2) is 11.5 Å². The summed E-state index contributed by atoms with van der Waals surface area (Å²) in [7, 11) is 4.81. The fourth-order valence-corrected chi connectivity index (χ4v) is 5.00. The number of pyridine rings is 1. The van der Waals surface area contributed by atoms with Gasteiger partial charge in [0, 0.05) is 34.1 Å². The lowest BCUT2D eigenvalue weighted by atomic mass is 9.96. The molecule has 2 heterocycles. The van der Waals surface area contributed by atoms with Crippen LogP contribution < -0.4 is 19.5 Å². The number of aromatic amines is 1. The quantitative estimate of drug-likeness (QED) is 0.265. The number of nitrogens with one attached hydrogen (secondary N) is 2. The monoisotopic (exact) mass is 509 g/mol. The van der Waals surface area contributed by atoms with E-state index >= 15 is 0 Å². The van der Waals surface area contributed by atoms with Crippen LogP contribution in [0.1, 0.15) is 28.4 Å². The van der Waals surface area contributed by atoms with E-state index < -0.39 is 0 Å². The van der Waals surface area contributed by atoms with Crippen LogP contribution in [-0.2, 0) is 6.42 Å². The number of rotatable bonds is 8. The Morgan fingerprint density at radius 1 is 0.947 bits per heavy atom. The van der Waals surface area contributed by atoms with Gasteiger partial charge in [0.1, 0.15) is 5.75 Å². The summed E-state index contributed by atoms with van der Waals surface area (Å²) in [5.41, 5.74) is 5.84. The zero-order valence-electron chi connectivity index (χ0n) is 22.2. The van der Waals surface area contributed by atoms with E-state index in [-0.39, 0.29) is 11.9 Å². The van der Waals surface area contributed by atoms with E-state index in [0.29, 0.717) is 40.4 Å². The van der Waals surface area contributed by atoms with E-state index in [1.807, 2.05) is 68.6 Å². The van der Waals surface area contributed by atoms with Gasteiger partial charge in [-0.15, -0.1) is 0 Å². The third-order valence-corrected chi connectivity index (χ3v) is 6.90. The average molecular weight is 510 g/mol. The number of fused-ring (bicyclic) bond motifs is 2. The molecule has 0 fully saturated rings. The van der Waals surface area contributed by atoms with E-state index in [4.69, 9.17) is 19.2 Å². The van der Waals surface area contributed by atoms with Crippen LogP contribution >= 0.6 is 0 Å². The highest BCUT2D eigenvalue weighted by Gasteiger charge is 2.22. The van der Waals surface area contributed by atoms with Crippen LogP contribution in [0.15, 0.2) is 66.9 Å². The highest BCUT2D eigenvalue weighted by molar-refractivity contribution is 6.09. The molecule has 1 amide bonds. The summed E-state index contributed by atoms with van der Waals surface area (Å²) in [6.45, 7) is 3.95. The smallest absolute Gasteiger partial charge is 0.252 e. The summed E-state index contributed by atoms with van der Waals surface area (Å²) in [5.74, 6) is 1.73. The van der Waals surface area contributed by atoms with Crippen molar-refractivity contribution in [3.05, 3.63) is 83.6 Å². The van der Waals surface area contributed by atoms with E-state index in [9.17, 15) is 4.79 Å². The minimum absolute atomic E-state index is 0.0977. The van der Waals surface area contributed by atoms with Gasteiger partial charge in [-0.25, -0.2) is 4.98 Å². The van der Waals surface area contributed by atoms with Crippen LogP contribution in [0.3, 0.4) is 0 Å². The normalized spacial score (nSPS) is 11.9. The van der Waals surface area contributed by atoms with Gasteiger partial charge in [0.05, 0.1) is 38.1 Å². The molecule has 7 heteroatoms. The minimum atomic E-state index is -0.155. The Balaban J connectivity index is 1.55. The van der Waals surface area contributed by atoms with Gasteiger partial charge in [0.2, 0.25) is 0 Å². The lowest BCUT2D eigenvalue weighted by molar-refractivity contribution is 0.0941. The molecule has 1 atom stereocenters. The van der Waals surface area contributed by atoms with Crippen molar-refractivity contribution < 1.29 is 19.0 Å². The van der Waals surface area contributed by atoms with E-state index in [2.05, 4.69) is 22.4 Å². The lowest BCUT2D eigenvalue weighted by Gasteiger charge is -2.19. The molecule has 38 heavy (non-hydrogen) atoms. The molecule has 0 aliphatic heterocycles. The zero-order valence-corrected chi connectivity index (χ0v) is 22.2. The SMILES string of the molecule is COc1ccc2nc(-c3ccc(OC)c(OC)c3)c(C)c(C(=O)NC(C)Cc3c[nH]c4ccccc34)c2c1. The number of nitrogens with zero attached hydrogens (tertiary/aromatic N) is 1. The van der Waals surface area contributed by atoms with Gasteiger partial charge in [0.25, 0.3) is 5.91 Å². The Morgan fingerprint density at radius 3 is 2.50 bits per heavy atom. The number of methoxy groups -OCH3 is 3. The Bertz CT molecular complexity index is 1640. The average Bonchev–Trinajstić information content (AvgIpc) is 3.34. The van der Waals surface area contributed by atoms with Gasteiger partial charge in [-0.05, 0) is 73.9 Å². The van der Waals surface area contributed by atoms with Crippen molar-refractivity contribution in [1.82, 2.24) is 15.3 Å². The maximum Gasteiger partial charge on any atom is 0.252 e. The molecule has 0 radical (unpaired) electrons. The molecule has 0 saturated carbocycles. The number of amides is 1. The van der Waals surface area contributed by atoms with Crippen LogP contribution in [0.25, 0.3) is 33.1 Å². The molecule has 2 aromatic heterocycles. The highest BCUT2D eigenvalue weighted by atomic mass is 16.5. The first-order valence-electron chi connectivity index (χ1n) is 12.5. The van der Waals surface area contributed by atoms with Crippen LogP contribution in [0.4, 0.5) is 0 Å². The molecule has 1 unspecified atom stereocenters. The molecule has 7 nitrogen and oxygen atoms in total. The fourth-order valence-electron chi connectivity index (χ4n) is 5.00. The van der Waals surface area contributed by atoms with Crippen LogP contribution in [-0.4, -0.2) is 43.2 Å². The zero-order chi connectivity index (χ0) is 26.8. The van der Waals surface area contributed by atoms with Crippen LogP contribution in [0.2, 0.25) is 0 Å². The first kappa shape index (κ1) is 25.1. The molecule has 5 rings (SSSR count). The Labute approximate surface area is 221 Å². The molecular weight excluding hydrogens is 478 g/mol. The molecule has 0 bridgehead atoms. The Hall–Kier alpha value is -4.52. The standard InChI is InChI=1S/C31H31N3O4/c1-18(14-21-17-32-25-9-7-6-8-23(21)25)33-31(35)29-19(2)30(20-10-13-27(37-4)28(15-20)38-5)34-26-12-11-22(36-3)16-24(26)29/h6-13,15-18,32H,14H2,1-5H3,(H,33,35). The first-order valence-corrected chi connectivity index (χ1v) is 12.5. The van der Waals surface area contributed by atoms with Crippen molar-refractivity contribution in [3.63, 3.8) is 0 Å². The van der Waals surface area contributed by atoms with Gasteiger partial charge in [-0.2, -0.15) is 0 Å². The maximum atomic E-state index is 13.9. The number of aromatic nitrogens is 2. The molecule has 5 aromatic rings. The van der Waals surface area contributed by atoms with Gasteiger partial charge in [-0.3, -0.25) is 4.79 Å². The van der Waals surface area contributed by atoms with Crippen LogP contribution in [0, 0.1) is 6.92 Å². The summed E-state index contributed by atoms with van der Waals surface area (Å²) >= 11 is 0. The lowest BCUT2D eigenvalue weighted by Crippen LogP contribution is -2.34. The molecule has 0 saturated heterocycles. The number of para-hydroxylation sites is 1. The van der Waals surface area contributed by atoms with Gasteiger partial charge < -0.3 is 24.5 Å². The summed E-state index contributed by atoms with van der Waals surface area (Å²) in [4.78, 5) is 22.1. The number of ether oxygens (including phenoxy) is 3. The van der Waals surface area contributed by atoms with Crippen LogP contribution in [0.5, 0.6) is 17.2 Å². The molecule has 0 aliphatic rings. The summed E-state index contributed by atoms with van der Waals surface area (Å²) in [6, 6.07) is 19.3. The molecule has 0 aliphatic carbocycles. The first-order chi connectivity index (χ1) is 18.4. The third kappa shape index (κ3) is 4.63. The molecule has 194 valence electrons. The van der Waals surface area contributed by atoms with Gasteiger partial charge in [-0.1, -0.05) is 18.2 Å². The van der Waals surface area contributed by atoms with Gasteiger partial charge >= 0.3 is 0 Å². The highest BCUT2D eigenvalue weighted by Crippen LogP contribution is 2.36. The second kappa shape index (κ2) is 10.5. The topological polar surface area (TPSA) is 85.5 Å². The number of carbonyl (C=O) groups is 1. The van der Waals surface area contributed by atoms with Crippen molar-refractivity contribution >= 4 is 27.7 Å². The summed E-state index contributed by atoms with van der Waals surface area (Å²) in [5, 5.41) is 5.13. The number of hydrogen-bond acceptors (Lipinski definition) is 5. The number of hydrogen-bond donors (Lipinski definition) is 2. The van der Waals surface area contributed by atoms with E-state index in [0.717, 1.165) is 27.6 Å². The number of H-pyrrole nitrogens is 1. The van der Waals surface area contributed by atoms with Crippen molar-refractivity contribution in [3.8, 4) is 28.5 Å². The third-order valence-electron chi connectivity index (χ3n) is 6.90. The number of carbonyl (C=O) groups excluding carboxylic acids is 1. The molecule has 0 spiro atoms. The summed E-state index contributed by atoms with van der Waals surface area (Å²) < 4.78 is 16.4. The predicted molar refractivity (Wildman–Crippen MR) is 151 cm³/mol. The number of benzene rings is 3.